The fraction of sp³-hybridized carbons (Fsp3) is 0.353. The van der Waals surface area contributed by atoms with E-state index in [9.17, 15) is 8.42 Å². The van der Waals surface area contributed by atoms with Gasteiger partial charge in [-0.05, 0) is 25.1 Å². The number of aryl methyl sites for hydroxylation is 1. The van der Waals surface area contributed by atoms with Crippen molar-refractivity contribution >= 4 is 16.0 Å². The van der Waals surface area contributed by atoms with Crippen LogP contribution in [0.5, 0.6) is 11.5 Å². The summed E-state index contributed by atoms with van der Waals surface area (Å²) in [5.74, 6) is 1.43. The number of fused-ring (bicyclic) bond motifs is 1. The highest BCUT2D eigenvalue weighted by atomic mass is 32.2. The summed E-state index contributed by atoms with van der Waals surface area (Å²) in [4.78, 5) is 10.6. The molecule has 0 amide bonds. The topological polar surface area (TPSA) is 109 Å². The molecule has 0 N–H and O–H groups in total. The first-order chi connectivity index (χ1) is 13.0. The second kappa shape index (κ2) is 6.68. The van der Waals surface area contributed by atoms with Crippen LogP contribution in [-0.2, 0) is 10.0 Å². The third-order valence-electron chi connectivity index (χ3n) is 4.46. The van der Waals surface area contributed by atoms with Crippen molar-refractivity contribution in [3.63, 3.8) is 0 Å². The van der Waals surface area contributed by atoms with Crippen molar-refractivity contribution < 1.29 is 17.9 Å². The molecule has 0 bridgehead atoms. The Labute approximate surface area is 156 Å². The lowest BCUT2D eigenvalue weighted by atomic mass is 10.3. The minimum absolute atomic E-state index is 0.0959. The predicted octanol–water partition coefficient (Wildman–Crippen LogP) is 0.896. The molecule has 2 aliphatic rings. The molecule has 27 heavy (non-hydrogen) atoms. The van der Waals surface area contributed by atoms with Gasteiger partial charge < -0.3 is 14.4 Å². The SMILES string of the molecule is Cc1cc(C#N)nc(N2CCN(S(=O)(=O)c3ccc4c(c3)OCO4)CC2)n1. The minimum Gasteiger partial charge on any atom is -0.454 e. The lowest BCUT2D eigenvalue weighted by Crippen LogP contribution is -2.49. The highest BCUT2D eigenvalue weighted by molar-refractivity contribution is 7.89. The van der Waals surface area contributed by atoms with Gasteiger partial charge in [-0.15, -0.1) is 0 Å². The molecule has 0 unspecified atom stereocenters. The molecule has 0 spiro atoms. The smallest absolute Gasteiger partial charge is 0.243 e. The number of sulfonamides is 1. The largest absolute Gasteiger partial charge is 0.454 e. The van der Waals surface area contributed by atoms with Gasteiger partial charge in [0.15, 0.2) is 11.5 Å². The first-order valence-corrected chi connectivity index (χ1v) is 9.82. The second-order valence-corrected chi connectivity index (χ2v) is 8.15. The Morgan fingerprint density at radius 2 is 1.81 bits per heavy atom. The lowest BCUT2D eigenvalue weighted by molar-refractivity contribution is 0.174. The number of rotatable bonds is 3. The number of nitriles is 1. The molecule has 0 atom stereocenters. The van der Waals surface area contributed by atoms with Gasteiger partial charge >= 0.3 is 0 Å². The molecule has 4 rings (SSSR count). The summed E-state index contributed by atoms with van der Waals surface area (Å²) < 4.78 is 37.8. The first-order valence-electron chi connectivity index (χ1n) is 8.38. The van der Waals surface area contributed by atoms with E-state index >= 15 is 0 Å². The van der Waals surface area contributed by atoms with E-state index in [4.69, 9.17) is 14.7 Å². The molecule has 10 heteroatoms. The molecule has 140 valence electrons. The molecular formula is C17H17N5O4S. The number of hydrogen-bond acceptors (Lipinski definition) is 8. The molecule has 1 aromatic heterocycles. The Balaban J connectivity index is 1.50. The van der Waals surface area contributed by atoms with Crippen molar-refractivity contribution in [3.05, 3.63) is 35.7 Å². The van der Waals surface area contributed by atoms with Crippen molar-refractivity contribution in [2.75, 3.05) is 37.9 Å². The summed E-state index contributed by atoms with van der Waals surface area (Å²) in [6.07, 6.45) is 0. The van der Waals surface area contributed by atoms with Gasteiger partial charge in [0.2, 0.25) is 22.8 Å². The Kier molecular flexibility index (Phi) is 4.33. The van der Waals surface area contributed by atoms with Crippen LogP contribution in [0.3, 0.4) is 0 Å². The van der Waals surface area contributed by atoms with Crippen LogP contribution in [-0.4, -0.2) is 55.7 Å². The van der Waals surface area contributed by atoms with Crippen LogP contribution in [0, 0.1) is 18.3 Å². The van der Waals surface area contributed by atoms with Crippen LogP contribution >= 0.6 is 0 Å². The van der Waals surface area contributed by atoms with Gasteiger partial charge in [0, 0.05) is 37.9 Å². The summed E-state index contributed by atoms with van der Waals surface area (Å²) >= 11 is 0. The zero-order valence-electron chi connectivity index (χ0n) is 14.6. The third-order valence-corrected chi connectivity index (χ3v) is 6.35. The van der Waals surface area contributed by atoms with Gasteiger partial charge in [-0.25, -0.2) is 18.4 Å². The molecular weight excluding hydrogens is 370 g/mol. The van der Waals surface area contributed by atoms with Crippen LogP contribution in [0.4, 0.5) is 5.95 Å². The van der Waals surface area contributed by atoms with E-state index in [-0.39, 0.29) is 11.7 Å². The first kappa shape index (κ1) is 17.5. The zero-order chi connectivity index (χ0) is 19.0. The zero-order valence-corrected chi connectivity index (χ0v) is 15.4. The lowest BCUT2D eigenvalue weighted by Gasteiger charge is -2.34. The number of piperazine rings is 1. The quantitative estimate of drug-likeness (QED) is 0.764. The molecule has 0 saturated carbocycles. The van der Waals surface area contributed by atoms with E-state index in [2.05, 4.69) is 9.97 Å². The number of aromatic nitrogens is 2. The monoisotopic (exact) mass is 387 g/mol. The molecule has 9 nitrogen and oxygen atoms in total. The second-order valence-electron chi connectivity index (χ2n) is 6.21. The number of ether oxygens (including phenoxy) is 2. The van der Waals surface area contributed by atoms with Crippen molar-refractivity contribution in [3.8, 4) is 17.6 Å². The Bertz CT molecular complexity index is 1030. The van der Waals surface area contributed by atoms with E-state index in [0.717, 1.165) is 0 Å². The fourth-order valence-electron chi connectivity index (χ4n) is 3.07. The third kappa shape index (κ3) is 3.27. The van der Waals surface area contributed by atoms with Crippen LogP contribution < -0.4 is 14.4 Å². The molecule has 1 aromatic carbocycles. The molecule has 2 aromatic rings. The highest BCUT2D eigenvalue weighted by Crippen LogP contribution is 2.34. The molecule has 3 heterocycles. The van der Waals surface area contributed by atoms with Crippen molar-refractivity contribution in [2.24, 2.45) is 0 Å². The van der Waals surface area contributed by atoms with Gasteiger partial charge in [-0.2, -0.15) is 9.57 Å². The molecule has 2 aliphatic heterocycles. The maximum Gasteiger partial charge on any atom is 0.243 e. The van der Waals surface area contributed by atoms with E-state index in [0.29, 0.717) is 55.0 Å². The van der Waals surface area contributed by atoms with E-state index in [1.54, 1.807) is 19.1 Å². The van der Waals surface area contributed by atoms with Crippen molar-refractivity contribution in [2.45, 2.75) is 11.8 Å². The predicted molar refractivity (Wildman–Crippen MR) is 95.0 cm³/mol. The Morgan fingerprint density at radius 1 is 1.07 bits per heavy atom. The molecule has 0 radical (unpaired) electrons. The molecule has 1 fully saturated rings. The van der Waals surface area contributed by atoms with Crippen molar-refractivity contribution in [1.82, 2.24) is 14.3 Å². The van der Waals surface area contributed by atoms with Gasteiger partial charge in [0.25, 0.3) is 0 Å². The average molecular weight is 387 g/mol. The van der Waals surface area contributed by atoms with Gasteiger partial charge in [0.1, 0.15) is 11.8 Å². The van der Waals surface area contributed by atoms with Crippen molar-refractivity contribution in [1.29, 1.82) is 5.26 Å². The Morgan fingerprint density at radius 3 is 2.56 bits per heavy atom. The highest BCUT2D eigenvalue weighted by Gasteiger charge is 2.30. The minimum atomic E-state index is -3.63. The maximum atomic E-state index is 12.9. The van der Waals surface area contributed by atoms with Crippen LogP contribution in [0.1, 0.15) is 11.4 Å². The summed E-state index contributed by atoms with van der Waals surface area (Å²) in [6.45, 7) is 3.38. The summed E-state index contributed by atoms with van der Waals surface area (Å²) in [7, 11) is -3.63. The van der Waals surface area contributed by atoms with E-state index in [1.165, 1.54) is 16.4 Å². The number of nitrogens with zero attached hydrogens (tertiary/aromatic N) is 5. The number of benzene rings is 1. The van der Waals surface area contributed by atoms with Crippen LogP contribution in [0.15, 0.2) is 29.2 Å². The van der Waals surface area contributed by atoms with Gasteiger partial charge in [-0.3, -0.25) is 0 Å². The normalized spacial score (nSPS) is 17.0. The van der Waals surface area contributed by atoms with Crippen LogP contribution in [0.2, 0.25) is 0 Å². The maximum absolute atomic E-state index is 12.9. The van der Waals surface area contributed by atoms with Gasteiger partial charge in [0.05, 0.1) is 4.90 Å². The van der Waals surface area contributed by atoms with Crippen LogP contribution in [0.25, 0.3) is 0 Å². The summed E-state index contributed by atoms with van der Waals surface area (Å²) in [6, 6.07) is 8.26. The molecule has 1 saturated heterocycles. The standard InChI is InChI=1S/C17H17N5O4S/c1-12-8-13(10-18)20-17(19-12)21-4-6-22(7-5-21)27(23,24)14-2-3-15-16(9-14)26-11-25-15/h2-3,8-9H,4-7,11H2,1H3. The molecule has 0 aliphatic carbocycles. The summed E-state index contributed by atoms with van der Waals surface area (Å²) in [5.41, 5.74) is 1.000. The fourth-order valence-corrected chi connectivity index (χ4v) is 4.50. The Hall–Kier alpha value is -2.90. The summed E-state index contributed by atoms with van der Waals surface area (Å²) in [5, 5.41) is 9.06. The van der Waals surface area contributed by atoms with E-state index in [1.807, 2.05) is 11.0 Å². The number of anilines is 1. The van der Waals surface area contributed by atoms with Gasteiger partial charge in [-0.1, -0.05) is 0 Å². The van der Waals surface area contributed by atoms with E-state index < -0.39 is 10.0 Å². The average Bonchev–Trinajstić information content (AvgIpc) is 3.15. The number of hydrogen-bond donors (Lipinski definition) is 0.